The summed E-state index contributed by atoms with van der Waals surface area (Å²) in [6.45, 7) is 5.62. The fourth-order valence-corrected chi connectivity index (χ4v) is 1.94. The van der Waals surface area contributed by atoms with E-state index < -0.39 is 6.10 Å². The Morgan fingerprint density at radius 3 is 2.74 bits per heavy atom. The summed E-state index contributed by atoms with van der Waals surface area (Å²) in [5, 5.41) is 0. The fraction of sp³-hybridized carbons (Fsp3) is 0.500. The molecule has 0 spiro atoms. The fourth-order valence-electron chi connectivity index (χ4n) is 1.94. The first-order valence-corrected chi connectivity index (χ1v) is 6.37. The second-order valence-electron chi connectivity index (χ2n) is 4.61. The van der Waals surface area contributed by atoms with Crippen molar-refractivity contribution in [1.82, 2.24) is 4.90 Å². The highest BCUT2D eigenvalue weighted by Gasteiger charge is 2.23. The molecule has 1 saturated heterocycles. The summed E-state index contributed by atoms with van der Waals surface area (Å²) in [6, 6.07) is 4.61. The second-order valence-corrected chi connectivity index (χ2v) is 4.61. The zero-order chi connectivity index (χ0) is 13.8. The molecule has 19 heavy (non-hydrogen) atoms. The minimum absolute atomic E-state index is 0.0933. The average Bonchev–Trinajstić information content (AvgIpc) is 2.43. The lowest BCUT2D eigenvalue weighted by molar-refractivity contribution is -0.142. The Morgan fingerprint density at radius 2 is 2.11 bits per heavy atom. The predicted octanol–water partition coefficient (Wildman–Crippen LogP) is 1.76. The lowest BCUT2D eigenvalue weighted by Crippen LogP contribution is -2.46. The van der Waals surface area contributed by atoms with Crippen LogP contribution in [-0.2, 0) is 9.53 Å². The van der Waals surface area contributed by atoms with E-state index in [4.69, 9.17) is 9.47 Å². The maximum Gasteiger partial charge on any atom is 0.263 e. The monoisotopic (exact) mass is 267 g/mol. The quantitative estimate of drug-likeness (QED) is 0.837. The summed E-state index contributed by atoms with van der Waals surface area (Å²) >= 11 is 0. The SMILES string of the molecule is Cc1ccc(OC(C)C(=O)N2CCOCC2)cc1F. The van der Waals surface area contributed by atoms with E-state index in [0.29, 0.717) is 37.6 Å². The van der Waals surface area contributed by atoms with E-state index >= 15 is 0 Å². The summed E-state index contributed by atoms with van der Waals surface area (Å²) in [4.78, 5) is 13.8. The normalized spacial score (nSPS) is 17.1. The lowest BCUT2D eigenvalue weighted by atomic mass is 10.2. The molecule has 1 aromatic carbocycles. The van der Waals surface area contributed by atoms with Crippen molar-refractivity contribution in [1.29, 1.82) is 0 Å². The number of carbonyl (C=O) groups excluding carboxylic acids is 1. The molecule has 1 aliphatic heterocycles. The molecule has 2 rings (SSSR count). The number of amides is 1. The van der Waals surface area contributed by atoms with Crippen LogP contribution in [0.4, 0.5) is 4.39 Å². The molecule has 0 aromatic heterocycles. The Morgan fingerprint density at radius 1 is 1.42 bits per heavy atom. The number of halogens is 1. The number of carbonyl (C=O) groups is 1. The number of morpholine rings is 1. The molecule has 5 heteroatoms. The van der Waals surface area contributed by atoms with Gasteiger partial charge in [0.2, 0.25) is 0 Å². The molecule has 1 amide bonds. The first-order chi connectivity index (χ1) is 9.08. The van der Waals surface area contributed by atoms with Crippen molar-refractivity contribution in [3.8, 4) is 5.75 Å². The number of rotatable bonds is 3. The lowest BCUT2D eigenvalue weighted by Gasteiger charge is -2.29. The predicted molar refractivity (Wildman–Crippen MR) is 68.6 cm³/mol. The van der Waals surface area contributed by atoms with E-state index in [1.54, 1.807) is 30.9 Å². The smallest absolute Gasteiger partial charge is 0.263 e. The van der Waals surface area contributed by atoms with Crippen LogP contribution in [0.25, 0.3) is 0 Å². The van der Waals surface area contributed by atoms with Crippen LogP contribution in [0.1, 0.15) is 12.5 Å². The summed E-state index contributed by atoms with van der Waals surface area (Å²) in [5.41, 5.74) is 0.555. The molecule has 1 fully saturated rings. The van der Waals surface area contributed by atoms with Gasteiger partial charge in [-0.25, -0.2) is 4.39 Å². The van der Waals surface area contributed by atoms with Crippen molar-refractivity contribution in [3.05, 3.63) is 29.6 Å². The molecular weight excluding hydrogens is 249 g/mol. The zero-order valence-electron chi connectivity index (χ0n) is 11.2. The van der Waals surface area contributed by atoms with Gasteiger partial charge in [0, 0.05) is 19.2 Å². The van der Waals surface area contributed by atoms with Gasteiger partial charge >= 0.3 is 0 Å². The summed E-state index contributed by atoms with van der Waals surface area (Å²) < 4.78 is 24.1. The van der Waals surface area contributed by atoms with Crippen LogP contribution in [-0.4, -0.2) is 43.2 Å². The molecule has 104 valence electrons. The third kappa shape index (κ3) is 3.44. The standard InChI is InChI=1S/C14H18FNO3/c1-10-3-4-12(9-13(10)15)19-11(2)14(17)16-5-7-18-8-6-16/h3-4,9,11H,5-8H2,1-2H3. The van der Waals surface area contributed by atoms with Gasteiger partial charge in [0.25, 0.3) is 5.91 Å². The number of ether oxygens (including phenoxy) is 2. The Hall–Kier alpha value is -1.62. The van der Waals surface area contributed by atoms with Gasteiger partial charge in [-0.2, -0.15) is 0 Å². The van der Waals surface area contributed by atoms with Crippen LogP contribution < -0.4 is 4.74 Å². The maximum atomic E-state index is 13.4. The van der Waals surface area contributed by atoms with E-state index in [2.05, 4.69) is 0 Å². The molecule has 0 aliphatic carbocycles. The van der Waals surface area contributed by atoms with E-state index in [0.717, 1.165) is 0 Å². The Labute approximate surface area is 112 Å². The van der Waals surface area contributed by atoms with Crippen LogP contribution in [0, 0.1) is 12.7 Å². The van der Waals surface area contributed by atoms with Crippen LogP contribution >= 0.6 is 0 Å². The van der Waals surface area contributed by atoms with Gasteiger partial charge < -0.3 is 14.4 Å². The number of hydrogen-bond acceptors (Lipinski definition) is 3. The third-order valence-corrected chi connectivity index (χ3v) is 3.13. The van der Waals surface area contributed by atoms with Crippen LogP contribution in [0.2, 0.25) is 0 Å². The van der Waals surface area contributed by atoms with Crippen LogP contribution in [0.15, 0.2) is 18.2 Å². The van der Waals surface area contributed by atoms with E-state index in [1.807, 2.05) is 0 Å². The van der Waals surface area contributed by atoms with Crippen molar-refractivity contribution in [2.45, 2.75) is 20.0 Å². The molecule has 4 nitrogen and oxygen atoms in total. The highest BCUT2D eigenvalue weighted by atomic mass is 19.1. The molecule has 1 aromatic rings. The van der Waals surface area contributed by atoms with Gasteiger partial charge in [-0.1, -0.05) is 6.07 Å². The molecule has 1 heterocycles. The number of aryl methyl sites for hydroxylation is 1. The number of benzene rings is 1. The molecule has 0 N–H and O–H groups in total. The molecule has 0 radical (unpaired) electrons. The molecule has 0 bridgehead atoms. The molecular formula is C14H18FNO3. The van der Waals surface area contributed by atoms with Gasteiger partial charge in [-0.3, -0.25) is 4.79 Å². The van der Waals surface area contributed by atoms with Crippen molar-refractivity contribution in [2.75, 3.05) is 26.3 Å². The third-order valence-electron chi connectivity index (χ3n) is 3.13. The van der Waals surface area contributed by atoms with E-state index in [1.165, 1.54) is 6.07 Å². The first-order valence-electron chi connectivity index (χ1n) is 6.37. The van der Waals surface area contributed by atoms with Gasteiger partial charge in [-0.05, 0) is 25.5 Å². The van der Waals surface area contributed by atoms with E-state index in [-0.39, 0.29) is 11.7 Å². The molecule has 1 unspecified atom stereocenters. The zero-order valence-corrected chi connectivity index (χ0v) is 11.2. The van der Waals surface area contributed by atoms with Gasteiger partial charge in [0.15, 0.2) is 6.10 Å². The van der Waals surface area contributed by atoms with Gasteiger partial charge in [0.1, 0.15) is 11.6 Å². The highest BCUT2D eigenvalue weighted by molar-refractivity contribution is 5.81. The van der Waals surface area contributed by atoms with Crippen molar-refractivity contribution < 1.29 is 18.7 Å². The van der Waals surface area contributed by atoms with Crippen LogP contribution in [0.5, 0.6) is 5.75 Å². The molecule has 1 aliphatic rings. The highest BCUT2D eigenvalue weighted by Crippen LogP contribution is 2.18. The van der Waals surface area contributed by atoms with Gasteiger partial charge in [-0.15, -0.1) is 0 Å². The average molecular weight is 267 g/mol. The van der Waals surface area contributed by atoms with Crippen LogP contribution in [0.3, 0.4) is 0 Å². The molecule has 1 atom stereocenters. The Balaban J connectivity index is 1.97. The largest absolute Gasteiger partial charge is 0.481 e. The van der Waals surface area contributed by atoms with Crippen molar-refractivity contribution in [2.24, 2.45) is 0 Å². The molecule has 0 saturated carbocycles. The Kier molecular flexibility index (Phi) is 4.37. The van der Waals surface area contributed by atoms with E-state index in [9.17, 15) is 9.18 Å². The minimum atomic E-state index is -0.625. The van der Waals surface area contributed by atoms with Gasteiger partial charge in [0.05, 0.1) is 13.2 Å². The number of hydrogen-bond donors (Lipinski definition) is 0. The Bertz CT molecular complexity index is 458. The van der Waals surface area contributed by atoms with Crippen molar-refractivity contribution in [3.63, 3.8) is 0 Å². The maximum absolute atomic E-state index is 13.4. The topological polar surface area (TPSA) is 38.8 Å². The van der Waals surface area contributed by atoms with Crippen molar-refractivity contribution >= 4 is 5.91 Å². The minimum Gasteiger partial charge on any atom is -0.481 e. The summed E-state index contributed by atoms with van der Waals surface area (Å²) in [5.74, 6) is -0.0509. The number of nitrogens with zero attached hydrogens (tertiary/aromatic N) is 1. The summed E-state index contributed by atoms with van der Waals surface area (Å²) in [6.07, 6.45) is -0.625. The first kappa shape index (κ1) is 13.8. The summed E-state index contributed by atoms with van der Waals surface area (Å²) in [7, 11) is 0. The second kappa shape index (κ2) is 6.02.